The molecule has 0 aromatic heterocycles. The van der Waals surface area contributed by atoms with Gasteiger partial charge in [-0.2, -0.15) is 0 Å². The molecule has 1 amide bonds. The van der Waals surface area contributed by atoms with Gasteiger partial charge in [-0.05, 0) is 55.8 Å². The third kappa shape index (κ3) is 4.51. The minimum atomic E-state index is -3.93. The van der Waals surface area contributed by atoms with Crippen LogP contribution in [0.25, 0.3) is 0 Å². The number of hydrogen-bond acceptors (Lipinski definition) is 6. The van der Waals surface area contributed by atoms with E-state index in [-0.39, 0.29) is 11.4 Å². The lowest BCUT2D eigenvalue weighted by Gasteiger charge is -2.35. The molecule has 0 aliphatic carbocycles. The first-order valence-corrected chi connectivity index (χ1v) is 12.1. The van der Waals surface area contributed by atoms with E-state index >= 15 is 0 Å². The summed E-state index contributed by atoms with van der Waals surface area (Å²) in [6.45, 7) is 3.58. The van der Waals surface area contributed by atoms with Gasteiger partial charge in [-0.25, -0.2) is 8.42 Å². The van der Waals surface area contributed by atoms with Crippen LogP contribution in [0.4, 0.5) is 11.4 Å². The molecule has 3 aromatic rings. The van der Waals surface area contributed by atoms with E-state index in [2.05, 4.69) is 5.32 Å². The number of methoxy groups -OCH3 is 2. The Bertz CT molecular complexity index is 1320. The normalized spacial score (nSPS) is 15.2. The topological polar surface area (TPSA) is 94.2 Å². The van der Waals surface area contributed by atoms with E-state index in [1.807, 2.05) is 19.9 Å². The molecule has 0 fully saturated rings. The SMILES string of the molecule is COc1ccc(NC(=O)C2CN(S(=O)(=O)c3ccc(C)cc3)c3ccc(C)cc3O2)cc1OC. The van der Waals surface area contributed by atoms with Crippen LogP contribution < -0.4 is 23.8 Å². The maximum atomic E-state index is 13.5. The number of aryl methyl sites for hydroxylation is 2. The molecule has 1 aliphatic rings. The van der Waals surface area contributed by atoms with E-state index in [4.69, 9.17) is 14.2 Å². The van der Waals surface area contributed by atoms with Crippen LogP contribution in [0.2, 0.25) is 0 Å². The van der Waals surface area contributed by atoms with Gasteiger partial charge in [0.15, 0.2) is 17.6 Å². The van der Waals surface area contributed by atoms with Crippen molar-refractivity contribution < 1.29 is 27.4 Å². The summed E-state index contributed by atoms with van der Waals surface area (Å²) in [4.78, 5) is 13.3. The van der Waals surface area contributed by atoms with Crippen LogP contribution in [-0.2, 0) is 14.8 Å². The van der Waals surface area contributed by atoms with E-state index < -0.39 is 22.0 Å². The summed E-state index contributed by atoms with van der Waals surface area (Å²) < 4.78 is 44.8. The molecule has 4 rings (SSSR count). The first-order valence-electron chi connectivity index (χ1n) is 10.6. The van der Waals surface area contributed by atoms with Crippen molar-refractivity contribution in [3.8, 4) is 17.2 Å². The number of fused-ring (bicyclic) bond motifs is 1. The highest BCUT2D eigenvalue weighted by Crippen LogP contribution is 2.38. The van der Waals surface area contributed by atoms with Crippen LogP contribution in [0.15, 0.2) is 65.6 Å². The number of carbonyl (C=O) groups excluding carboxylic acids is 1. The van der Waals surface area contributed by atoms with Gasteiger partial charge < -0.3 is 19.5 Å². The van der Waals surface area contributed by atoms with E-state index in [1.165, 1.54) is 18.5 Å². The second kappa shape index (κ2) is 9.26. The highest BCUT2D eigenvalue weighted by Gasteiger charge is 2.37. The Morgan fingerprint density at radius 2 is 1.62 bits per heavy atom. The van der Waals surface area contributed by atoms with Crippen LogP contribution in [-0.4, -0.2) is 41.2 Å². The molecule has 0 bridgehead atoms. The molecule has 1 aliphatic heterocycles. The molecule has 1 N–H and O–H groups in total. The van der Waals surface area contributed by atoms with Crippen molar-refractivity contribution in [2.75, 3.05) is 30.4 Å². The Hall–Kier alpha value is -3.72. The van der Waals surface area contributed by atoms with Gasteiger partial charge in [-0.1, -0.05) is 23.8 Å². The Labute approximate surface area is 199 Å². The molecule has 178 valence electrons. The van der Waals surface area contributed by atoms with Crippen molar-refractivity contribution in [2.45, 2.75) is 24.8 Å². The van der Waals surface area contributed by atoms with Gasteiger partial charge in [0.2, 0.25) is 0 Å². The number of nitrogens with one attached hydrogen (secondary N) is 1. The molecule has 1 atom stereocenters. The zero-order valence-corrected chi connectivity index (χ0v) is 20.2. The number of rotatable bonds is 6. The lowest BCUT2D eigenvalue weighted by molar-refractivity contribution is -0.122. The Balaban J connectivity index is 1.66. The molecule has 0 radical (unpaired) electrons. The average Bonchev–Trinajstić information content (AvgIpc) is 2.83. The predicted molar refractivity (Wildman–Crippen MR) is 129 cm³/mol. The van der Waals surface area contributed by atoms with Crippen molar-refractivity contribution in [2.24, 2.45) is 0 Å². The fourth-order valence-electron chi connectivity index (χ4n) is 3.70. The zero-order chi connectivity index (χ0) is 24.5. The number of ether oxygens (including phenoxy) is 3. The van der Waals surface area contributed by atoms with Gasteiger partial charge in [-0.3, -0.25) is 9.10 Å². The van der Waals surface area contributed by atoms with E-state index in [0.717, 1.165) is 11.1 Å². The zero-order valence-electron chi connectivity index (χ0n) is 19.4. The van der Waals surface area contributed by atoms with Gasteiger partial charge in [0.1, 0.15) is 5.75 Å². The summed E-state index contributed by atoms with van der Waals surface area (Å²) in [7, 11) is -0.904. The van der Waals surface area contributed by atoms with Crippen LogP contribution in [0.1, 0.15) is 11.1 Å². The van der Waals surface area contributed by atoms with Crippen LogP contribution >= 0.6 is 0 Å². The van der Waals surface area contributed by atoms with E-state index in [1.54, 1.807) is 54.6 Å². The van der Waals surface area contributed by atoms with Gasteiger partial charge in [0.05, 0.1) is 31.3 Å². The average molecular weight is 483 g/mol. The fraction of sp³-hybridized carbons (Fsp3) is 0.240. The second-order valence-corrected chi connectivity index (χ2v) is 9.85. The monoisotopic (exact) mass is 482 g/mol. The van der Waals surface area contributed by atoms with Crippen molar-refractivity contribution in [1.82, 2.24) is 0 Å². The smallest absolute Gasteiger partial charge is 0.267 e. The number of sulfonamides is 1. The predicted octanol–water partition coefficient (Wildman–Crippen LogP) is 3.92. The Kier molecular flexibility index (Phi) is 6.39. The third-order valence-electron chi connectivity index (χ3n) is 5.54. The van der Waals surface area contributed by atoms with Gasteiger partial charge in [0, 0.05) is 11.8 Å². The quantitative estimate of drug-likeness (QED) is 0.573. The van der Waals surface area contributed by atoms with E-state index in [9.17, 15) is 13.2 Å². The maximum absolute atomic E-state index is 13.5. The lowest BCUT2D eigenvalue weighted by atomic mass is 10.1. The Morgan fingerprint density at radius 1 is 0.941 bits per heavy atom. The molecule has 0 spiro atoms. The lowest BCUT2D eigenvalue weighted by Crippen LogP contribution is -2.48. The molecule has 1 unspecified atom stereocenters. The summed E-state index contributed by atoms with van der Waals surface area (Å²) in [6.07, 6.45) is -1.07. The summed E-state index contributed by atoms with van der Waals surface area (Å²) in [5.41, 5.74) is 2.69. The largest absolute Gasteiger partial charge is 0.493 e. The number of anilines is 2. The molecular weight excluding hydrogens is 456 g/mol. The minimum absolute atomic E-state index is 0.144. The summed E-state index contributed by atoms with van der Waals surface area (Å²) in [6, 6.07) is 16.8. The van der Waals surface area contributed by atoms with Crippen molar-refractivity contribution in [3.63, 3.8) is 0 Å². The second-order valence-electron chi connectivity index (χ2n) is 7.99. The van der Waals surface area contributed by atoms with Crippen LogP contribution in [0, 0.1) is 13.8 Å². The van der Waals surface area contributed by atoms with Crippen molar-refractivity contribution in [3.05, 3.63) is 71.8 Å². The van der Waals surface area contributed by atoms with Crippen LogP contribution in [0.5, 0.6) is 17.2 Å². The standard InChI is InChI=1S/C25H26N2O6S/c1-16-5-9-19(10-6-16)34(29,30)27-15-24(33-22-13-17(2)7-11-20(22)27)25(28)26-18-8-12-21(31-3)23(14-18)32-4/h5-14,24H,15H2,1-4H3,(H,26,28). The van der Waals surface area contributed by atoms with Gasteiger partial charge >= 0.3 is 0 Å². The number of nitrogens with zero attached hydrogens (tertiary/aromatic N) is 1. The number of benzene rings is 3. The van der Waals surface area contributed by atoms with Crippen LogP contribution in [0.3, 0.4) is 0 Å². The maximum Gasteiger partial charge on any atom is 0.267 e. The third-order valence-corrected chi connectivity index (χ3v) is 7.33. The molecule has 34 heavy (non-hydrogen) atoms. The molecule has 9 heteroatoms. The fourth-order valence-corrected chi connectivity index (χ4v) is 5.18. The van der Waals surface area contributed by atoms with Crippen molar-refractivity contribution >= 4 is 27.3 Å². The first kappa shape index (κ1) is 23.4. The molecule has 1 heterocycles. The summed E-state index contributed by atoms with van der Waals surface area (Å²) in [5, 5.41) is 2.78. The number of hydrogen-bond donors (Lipinski definition) is 1. The molecule has 0 saturated heterocycles. The highest BCUT2D eigenvalue weighted by atomic mass is 32.2. The Morgan fingerprint density at radius 3 is 2.29 bits per heavy atom. The summed E-state index contributed by atoms with van der Waals surface area (Å²) in [5.74, 6) is 0.821. The van der Waals surface area contributed by atoms with E-state index in [0.29, 0.717) is 28.6 Å². The minimum Gasteiger partial charge on any atom is -0.493 e. The summed E-state index contributed by atoms with van der Waals surface area (Å²) >= 11 is 0. The molecular formula is C25H26N2O6S. The van der Waals surface area contributed by atoms with Gasteiger partial charge in [0.25, 0.3) is 15.9 Å². The van der Waals surface area contributed by atoms with Crippen molar-refractivity contribution in [1.29, 1.82) is 0 Å². The number of amides is 1. The molecule has 8 nitrogen and oxygen atoms in total. The number of carbonyl (C=O) groups is 1. The highest BCUT2D eigenvalue weighted by molar-refractivity contribution is 7.92. The molecule has 3 aromatic carbocycles. The first-order chi connectivity index (χ1) is 16.2. The molecule has 0 saturated carbocycles. The van der Waals surface area contributed by atoms with Gasteiger partial charge in [-0.15, -0.1) is 0 Å².